The largest absolute Gasteiger partial charge is 0.308 e. The third-order valence-corrected chi connectivity index (χ3v) is 2.44. The quantitative estimate of drug-likeness (QED) is 0.794. The highest BCUT2D eigenvalue weighted by atomic mass is 16.1. The third-order valence-electron chi connectivity index (χ3n) is 2.44. The zero-order valence-corrected chi connectivity index (χ0v) is 10.1. The Morgan fingerprint density at radius 1 is 1.35 bits per heavy atom. The highest BCUT2D eigenvalue weighted by Gasteiger charge is 2.07. The van der Waals surface area contributed by atoms with Crippen LogP contribution in [-0.4, -0.2) is 19.3 Å². The van der Waals surface area contributed by atoms with Crippen LogP contribution < -0.4 is 5.56 Å². The van der Waals surface area contributed by atoms with Gasteiger partial charge in [0.25, 0.3) is 5.56 Å². The highest BCUT2D eigenvalue weighted by Crippen LogP contribution is 2.02. The summed E-state index contributed by atoms with van der Waals surface area (Å²) in [6, 6.07) is 5.12. The number of rotatable bonds is 4. The molecule has 0 amide bonds. The number of hydrogen-bond donors (Lipinski definition) is 0. The van der Waals surface area contributed by atoms with Crippen molar-refractivity contribution in [3.05, 3.63) is 46.9 Å². The van der Waals surface area contributed by atoms with Gasteiger partial charge in [-0.1, -0.05) is 19.9 Å². The lowest BCUT2D eigenvalue weighted by Crippen LogP contribution is -2.21. The maximum atomic E-state index is 11.6. The Morgan fingerprint density at radius 3 is 2.88 bits per heavy atom. The molecule has 0 aromatic carbocycles. The first-order valence-corrected chi connectivity index (χ1v) is 5.69. The second-order valence-corrected chi connectivity index (χ2v) is 4.42. The number of nitrogens with zero attached hydrogens (tertiary/aromatic N) is 4. The van der Waals surface area contributed by atoms with Crippen molar-refractivity contribution in [3.63, 3.8) is 0 Å². The van der Waals surface area contributed by atoms with Crippen molar-refractivity contribution in [1.82, 2.24) is 19.3 Å². The Bertz CT molecular complexity index is 541. The molecular weight excluding hydrogens is 216 g/mol. The zero-order chi connectivity index (χ0) is 12.3. The molecule has 0 saturated heterocycles. The van der Waals surface area contributed by atoms with Crippen LogP contribution in [0.4, 0.5) is 0 Å². The SMILES string of the molecule is CC(C)Cn1ncnc1Cn1ccccc1=O. The van der Waals surface area contributed by atoms with Crippen LogP contribution in [0.1, 0.15) is 19.7 Å². The lowest BCUT2D eigenvalue weighted by atomic mass is 10.2. The number of pyridine rings is 1. The molecule has 0 radical (unpaired) electrons. The summed E-state index contributed by atoms with van der Waals surface area (Å²) >= 11 is 0. The van der Waals surface area contributed by atoms with Gasteiger partial charge in [-0.15, -0.1) is 0 Å². The summed E-state index contributed by atoms with van der Waals surface area (Å²) < 4.78 is 3.48. The second kappa shape index (κ2) is 4.95. The summed E-state index contributed by atoms with van der Waals surface area (Å²) in [5.74, 6) is 1.31. The first-order chi connectivity index (χ1) is 8.16. The molecule has 0 N–H and O–H groups in total. The van der Waals surface area contributed by atoms with E-state index in [2.05, 4.69) is 23.9 Å². The van der Waals surface area contributed by atoms with Crippen LogP contribution in [0.5, 0.6) is 0 Å². The molecule has 0 unspecified atom stereocenters. The molecule has 17 heavy (non-hydrogen) atoms. The molecule has 5 nitrogen and oxygen atoms in total. The summed E-state index contributed by atoms with van der Waals surface area (Å²) in [4.78, 5) is 15.8. The lowest BCUT2D eigenvalue weighted by Gasteiger charge is -2.09. The average molecular weight is 232 g/mol. The van der Waals surface area contributed by atoms with E-state index in [1.54, 1.807) is 22.9 Å². The molecule has 0 spiro atoms. The Labute approximate surface area is 99.7 Å². The molecule has 2 heterocycles. The zero-order valence-electron chi connectivity index (χ0n) is 10.1. The van der Waals surface area contributed by atoms with E-state index in [0.29, 0.717) is 12.5 Å². The van der Waals surface area contributed by atoms with Crippen molar-refractivity contribution in [3.8, 4) is 0 Å². The van der Waals surface area contributed by atoms with Gasteiger partial charge in [-0.2, -0.15) is 5.10 Å². The fraction of sp³-hybridized carbons (Fsp3) is 0.417. The van der Waals surface area contributed by atoms with Crippen molar-refractivity contribution in [2.45, 2.75) is 26.9 Å². The molecule has 0 aliphatic rings. The summed E-state index contributed by atoms with van der Waals surface area (Å²) in [6.45, 7) is 5.53. The Kier molecular flexibility index (Phi) is 3.37. The summed E-state index contributed by atoms with van der Waals surface area (Å²) in [6.07, 6.45) is 3.29. The van der Waals surface area contributed by atoms with E-state index >= 15 is 0 Å². The van der Waals surface area contributed by atoms with E-state index in [1.165, 1.54) is 6.33 Å². The summed E-state index contributed by atoms with van der Waals surface area (Å²) in [5, 5.41) is 4.17. The molecule has 5 heteroatoms. The number of aromatic nitrogens is 4. The van der Waals surface area contributed by atoms with Crippen LogP contribution in [-0.2, 0) is 13.1 Å². The van der Waals surface area contributed by atoms with Crippen molar-refractivity contribution < 1.29 is 0 Å². The summed E-state index contributed by atoms with van der Waals surface area (Å²) in [5.41, 5.74) is -0.0217. The molecule has 0 fully saturated rings. The van der Waals surface area contributed by atoms with Crippen molar-refractivity contribution >= 4 is 0 Å². The van der Waals surface area contributed by atoms with Gasteiger partial charge in [-0.25, -0.2) is 9.67 Å². The van der Waals surface area contributed by atoms with E-state index < -0.39 is 0 Å². The smallest absolute Gasteiger partial charge is 0.250 e. The molecule has 2 aromatic heterocycles. The van der Waals surface area contributed by atoms with Gasteiger partial charge < -0.3 is 4.57 Å². The van der Waals surface area contributed by atoms with E-state index in [-0.39, 0.29) is 5.56 Å². The van der Waals surface area contributed by atoms with Crippen LogP contribution in [0.15, 0.2) is 35.5 Å². The molecule has 2 rings (SSSR count). The first-order valence-electron chi connectivity index (χ1n) is 5.69. The number of hydrogen-bond acceptors (Lipinski definition) is 3. The molecule has 0 bridgehead atoms. The van der Waals surface area contributed by atoms with E-state index in [0.717, 1.165) is 12.4 Å². The standard InChI is InChI=1S/C12H16N4O/c1-10(2)7-16-11(13-9-14-16)8-15-6-4-3-5-12(15)17/h3-6,9-10H,7-8H2,1-2H3. The maximum Gasteiger partial charge on any atom is 0.250 e. The monoisotopic (exact) mass is 232 g/mol. The van der Waals surface area contributed by atoms with Gasteiger partial charge in [0.2, 0.25) is 0 Å². The average Bonchev–Trinajstić information content (AvgIpc) is 2.68. The molecule has 0 saturated carbocycles. The van der Waals surface area contributed by atoms with Gasteiger partial charge in [0.1, 0.15) is 12.2 Å². The van der Waals surface area contributed by atoms with Gasteiger partial charge >= 0.3 is 0 Å². The van der Waals surface area contributed by atoms with Crippen LogP contribution in [0.3, 0.4) is 0 Å². The topological polar surface area (TPSA) is 52.7 Å². The van der Waals surface area contributed by atoms with Crippen LogP contribution in [0.2, 0.25) is 0 Å². The Hall–Kier alpha value is -1.91. The minimum absolute atomic E-state index is 0.0217. The van der Waals surface area contributed by atoms with E-state index in [9.17, 15) is 4.79 Å². The van der Waals surface area contributed by atoms with E-state index in [1.807, 2.05) is 10.7 Å². The highest BCUT2D eigenvalue weighted by molar-refractivity contribution is 4.96. The first kappa shape index (κ1) is 11.6. The van der Waals surface area contributed by atoms with Crippen LogP contribution >= 0.6 is 0 Å². The minimum atomic E-state index is -0.0217. The van der Waals surface area contributed by atoms with Crippen molar-refractivity contribution in [2.24, 2.45) is 5.92 Å². The molecule has 0 aliphatic heterocycles. The van der Waals surface area contributed by atoms with Gasteiger partial charge in [-0.05, 0) is 12.0 Å². The predicted molar refractivity (Wildman–Crippen MR) is 64.7 cm³/mol. The van der Waals surface area contributed by atoms with Gasteiger partial charge in [-0.3, -0.25) is 4.79 Å². The Morgan fingerprint density at radius 2 is 2.18 bits per heavy atom. The fourth-order valence-corrected chi connectivity index (χ4v) is 1.65. The predicted octanol–water partition coefficient (Wildman–Crippen LogP) is 1.14. The second-order valence-electron chi connectivity index (χ2n) is 4.42. The van der Waals surface area contributed by atoms with Gasteiger partial charge in [0.05, 0.1) is 6.54 Å². The van der Waals surface area contributed by atoms with Crippen molar-refractivity contribution in [2.75, 3.05) is 0 Å². The molecule has 0 aliphatic carbocycles. The molecule has 90 valence electrons. The summed E-state index contributed by atoms with van der Waals surface area (Å²) in [7, 11) is 0. The van der Waals surface area contributed by atoms with Crippen molar-refractivity contribution in [1.29, 1.82) is 0 Å². The van der Waals surface area contributed by atoms with Gasteiger partial charge in [0, 0.05) is 18.8 Å². The minimum Gasteiger partial charge on any atom is -0.308 e. The van der Waals surface area contributed by atoms with E-state index in [4.69, 9.17) is 0 Å². The molecule has 2 aromatic rings. The maximum absolute atomic E-state index is 11.6. The van der Waals surface area contributed by atoms with Crippen LogP contribution in [0.25, 0.3) is 0 Å². The van der Waals surface area contributed by atoms with Gasteiger partial charge in [0.15, 0.2) is 0 Å². The molecular formula is C12H16N4O. The van der Waals surface area contributed by atoms with Crippen LogP contribution in [0, 0.1) is 5.92 Å². The molecule has 0 atom stereocenters. The Balaban J connectivity index is 2.22. The fourth-order valence-electron chi connectivity index (χ4n) is 1.65. The lowest BCUT2D eigenvalue weighted by molar-refractivity contribution is 0.459. The third kappa shape index (κ3) is 2.81. The normalized spacial score (nSPS) is 11.0.